The summed E-state index contributed by atoms with van der Waals surface area (Å²) in [5, 5.41) is 5.90. The Morgan fingerprint density at radius 3 is 2.31 bits per heavy atom. The molecule has 3 amide bonds. The fourth-order valence-electron chi connectivity index (χ4n) is 3.97. The van der Waals surface area contributed by atoms with Crippen LogP contribution in [0, 0.1) is 5.92 Å². The van der Waals surface area contributed by atoms with Gasteiger partial charge in [0.1, 0.15) is 0 Å². The van der Waals surface area contributed by atoms with Crippen molar-refractivity contribution in [3.05, 3.63) is 60.2 Å². The highest BCUT2D eigenvalue weighted by Crippen LogP contribution is 2.47. The maximum Gasteiger partial charge on any atom is 0.317 e. The summed E-state index contributed by atoms with van der Waals surface area (Å²) in [6, 6.07) is 18.3. The number of urea groups is 1. The third-order valence-corrected chi connectivity index (χ3v) is 5.75. The van der Waals surface area contributed by atoms with Crippen molar-refractivity contribution >= 4 is 23.3 Å². The van der Waals surface area contributed by atoms with E-state index in [1.807, 2.05) is 54.3 Å². The van der Waals surface area contributed by atoms with Crippen LogP contribution in [-0.4, -0.2) is 49.6 Å². The molecular formula is C23H28N4O2. The number of hydrogen-bond acceptors (Lipinski definition) is 3. The van der Waals surface area contributed by atoms with Crippen LogP contribution >= 0.6 is 0 Å². The molecule has 1 aliphatic carbocycles. The first-order valence-electron chi connectivity index (χ1n) is 10.4. The molecule has 2 aromatic rings. The summed E-state index contributed by atoms with van der Waals surface area (Å²) in [7, 11) is 0. The van der Waals surface area contributed by atoms with Crippen molar-refractivity contribution in [3.63, 3.8) is 0 Å². The van der Waals surface area contributed by atoms with E-state index in [0.717, 1.165) is 30.9 Å². The van der Waals surface area contributed by atoms with Gasteiger partial charge in [-0.3, -0.25) is 4.79 Å². The molecule has 1 saturated carbocycles. The van der Waals surface area contributed by atoms with Gasteiger partial charge in [0, 0.05) is 50.0 Å². The molecule has 0 bridgehead atoms. The van der Waals surface area contributed by atoms with Crippen LogP contribution in [0.2, 0.25) is 0 Å². The molecule has 0 radical (unpaired) electrons. The van der Waals surface area contributed by atoms with Gasteiger partial charge in [-0.25, -0.2) is 4.79 Å². The molecule has 2 fully saturated rings. The maximum atomic E-state index is 12.5. The zero-order valence-electron chi connectivity index (χ0n) is 16.8. The fraction of sp³-hybridized carbons (Fsp3) is 0.391. The van der Waals surface area contributed by atoms with E-state index in [9.17, 15) is 9.59 Å². The molecule has 1 aliphatic heterocycles. The summed E-state index contributed by atoms with van der Waals surface area (Å²) >= 11 is 0. The summed E-state index contributed by atoms with van der Waals surface area (Å²) < 4.78 is 0. The first-order valence-corrected chi connectivity index (χ1v) is 10.4. The van der Waals surface area contributed by atoms with E-state index in [2.05, 4.69) is 27.7 Å². The highest BCUT2D eigenvalue weighted by molar-refractivity contribution is 5.95. The lowest BCUT2D eigenvalue weighted by Crippen LogP contribution is -2.51. The second kappa shape index (κ2) is 8.55. The van der Waals surface area contributed by atoms with E-state index >= 15 is 0 Å². The van der Waals surface area contributed by atoms with Crippen LogP contribution < -0.4 is 15.5 Å². The van der Waals surface area contributed by atoms with Gasteiger partial charge >= 0.3 is 6.03 Å². The molecule has 0 spiro atoms. The van der Waals surface area contributed by atoms with Crippen molar-refractivity contribution in [2.45, 2.75) is 19.3 Å². The smallest absolute Gasteiger partial charge is 0.317 e. The van der Waals surface area contributed by atoms with Gasteiger partial charge in [0.05, 0.1) is 0 Å². The molecule has 4 rings (SSSR count). The Hall–Kier alpha value is -3.02. The number of nitrogens with zero attached hydrogens (tertiary/aromatic N) is 2. The molecule has 2 aromatic carbocycles. The van der Waals surface area contributed by atoms with Crippen LogP contribution in [0.25, 0.3) is 0 Å². The van der Waals surface area contributed by atoms with Gasteiger partial charge in [0.2, 0.25) is 5.91 Å². The SMILES string of the molecule is CCNC(=O)N1CCN(c2ccc(NC(=O)C3CC3c3ccccc3)cc2)CC1. The first-order chi connectivity index (χ1) is 14.2. The summed E-state index contributed by atoms with van der Waals surface area (Å²) in [6.45, 7) is 5.63. The van der Waals surface area contributed by atoms with Crippen molar-refractivity contribution in [1.29, 1.82) is 0 Å². The number of anilines is 2. The third kappa shape index (κ3) is 4.53. The number of amides is 3. The largest absolute Gasteiger partial charge is 0.368 e. The van der Waals surface area contributed by atoms with E-state index in [1.54, 1.807) is 0 Å². The molecule has 1 heterocycles. The Kier molecular flexibility index (Phi) is 5.69. The van der Waals surface area contributed by atoms with Gasteiger partial charge in [-0.05, 0) is 49.1 Å². The van der Waals surface area contributed by atoms with E-state index in [-0.39, 0.29) is 17.9 Å². The number of nitrogens with one attached hydrogen (secondary N) is 2. The van der Waals surface area contributed by atoms with Crippen LogP contribution in [0.3, 0.4) is 0 Å². The third-order valence-electron chi connectivity index (χ3n) is 5.75. The van der Waals surface area contributed by atoms with Crippen LogP contribution in [0.15, 0.2) is 54.6 Å². The quantitative estimate of drug-likeness (QED) is 0.821. The molecule has 2 aliphatic rings. The molecule has 0 aromatic heterocycles. The van der Waals surface area contributed by atoms with Crippen LogP contribution in [0.5, 0.6) is 0 Å². The molecule has 6 nitrogen and oxygen atoms in total. The number of carbonyl (C=O) groups excluding carboxylic acids is 2. The minimum absolute atomic E-state index is 0.0130. The molecule has 1 saturated heterocycles. The Morgan fingerprint density at radius 2 is 1.66 bits per heavy atom. The van der Waals surface area contributed by atoms with Crippen molar-refractivity contribution in [2.75, 3.05) is 42.9 Å². The standard InChI is InChI=1S/C23H28N4O2/c1-2-24-23(29)27-14-12-26(13-15-27)19-10-8-18(9-11-19)25-22(28)21-16-20(21)17-6-4-3-5-7-17/h3-11,20-21H,2,12-16H2,1H3,(H,24,29)(H,25,28). The van der Waals surface area contributed by atoms with E-state index in [4.69, 9.17) is 0 Å². The fourth-order valence-corrected chi connectivity index (χ4v) is 3.97. The Balaban J connectivity index is 1.28. The number of piperazine rings is 1. The Labute approximate surface area is 171 Å². The van der Waals surface area contributed by atoms with E-state index in [1.165, 1.54) is 5.56 Å². The van der Waals surface area contributed by atoms with Crippen molar-refractivity contribution in [1.82, 2.24) is 10.2 Å². The summed E-state index contributed by atoms with van der Waals surface area (Å²) in [5.74, 6) is 0.512. The van der Waals surface area contributed by atoms with E-state index < -0.39 is 0 Å². The van der Waals surface area contributed by atoms with E-state index in [0.29, 0.717) is 25.6 Å². The van der Waals surface area contributed by atoms with Gasteiger partial charge in [-0.15, -0.1) is 0 Å². The Morgan fingerprint density at radius 1 is 0.966 bits per heavy atom. The lowest BCUT2D eigenvalue weighted by Gasteiger charge is -2.36. The average molecular weight is 393 g/mol. The zero-order valence-corrected chi connectivity index (χ0v) is 16.8. The van der Waals surface area contributed by atoms with Gasteiger partial charge in [-0.2, -0.15) is 0 Å². The highest BCUT2D eigenvalue weighted by atomic mass is 16.2. The van der Waals surface area contributed by atoms with Crippen LogP contribution in [0.4, 0.5) is 16.2 Å². The number of hydrogen-bond donors (Lipinski definition) is 2. The normalized spacial score (nSPS) is 20.9. The van der Waals surface area contributed by atoms with Gasteiger partial charge in [0.25, 0.3) is 0 Å². The van der Waals surface area contributed by atoms with Gasteiger partial charge in [-0.1, -0.05) is 30.3 Å². The molecule has 152 valence electrons. The topological polar surface area (TPSA) is 64.7 Å². The lowest BCUT2D eigenvalue weighted by atomic mass is 10.1. The minimum Gasteiger partial charge on any atom is -0.368 e. The second-order valence-electron chi connectivity index (χ2n) is 7.71. The van der Waals surface area contributed by atoms with Gasteiger partial charge in [0.15, 0.2) is 0 Å². The summed E-state index contributed by atoms with van der Waals surface area (Å²) in [4.78, 5) is 28.6. The molecule has 2 unspecified atom stereocenters. The maximum absolute atomic E-state index is 12.5. The molecule has 29 heavy (non-hydrogen) atoms. The van der Waals surface area contributed by atoms with Crippen LogP contribution in [0.1, 0.15) is 24.8 Å². The minimum atomic E-state index is 0.0130. The summed E-state index contributed by atoms with van der Waals surface area (Å²) in [6.07, 6.45) is 0.920. The molecule has 2 N–H and O–H groups in total. The summed E-state index contributed by atoms with van der Waals surface area (Å²) in [5.41, 5.74) is 3.19. The first kappa shape index (κ1) is 19.3. The van der Waals surface area contributed by atoms with Crippen molar-refractivity contribution < 1.29 is 9.59 Å². The molecule has 6 heteroatoms. The number of benzene rings is 2. The van der Waals surface area contributed by atoms with Crippen LogP contribution in [-0.2, 0) is 4.79 Å². The Bertz CT molecular complexity index is 845. The number of carbonyl (C=O) groups is 2. The predicted molar refractivity (Wildman–Crippen MR) is 115 cm³/mol. The van der Waals surface area contributed by atoms with Crippen molar-refractivity contribution in [2.24, 2.45) is 5.92 Å². The average Bonchev–Trinajstić information content (AvgIpc) is 3.56. The van der Waals surface area contributed by atoms with Crippen molar-refractivity contribution in [3.8, 4) is 0 Å². The predicted octanol–water partition coefficient (Wildman–Crippen LogP) is 3.28. The lowest BCUT2D eigenvalue weighted by molar-refractivity contribution is -0.117. The van der Waals surface area contributed by atoms with Gasteiger partial charge < -0.3 is 20.4 Å². The molecular weight excluding hydrogens is 364 g/mol. The zero-order chi connectivity index (χ0) is 20.2. The second-order valence-corrected chi connectivity index (χ2v) is 7.71. The number of rotatable bonds is 5. The monoisotopic (exact) mass is 392 g/mol. The highest BCUT2D eigenvalue weighted by Gasteiger charge is 2.43. The molecule has 2 atom stereocenters.